The number of amides is 3. The van der Waals surface area contributed by atoms with Gasteiger partial charge in [-0.15, -0.1) is 0 Å². The Morgan fingerprint density at radius 3 is 2.62 bits per heavy atom. The van der Waals surface area contributed by atoms with Crippen LogP contribution in [0, 0.1) is 0 Å². The highest BCUT2D eigenvalue weighted by molar-refractivity contribution is 9.10. The lowest BCUT2D eigenvalue weighted by atomic mass is 10.1. The first-order valence-corrected chi connectivity index (χ1v) is 9.42. The number of imide groups is 1. The number of carbonyl (C=O) groups excluding carboxylic acids is 2. The average Bonchev–Trinajstić information content (AvgIpc) is 2.98. The second-order valence-electron chi connectivity index (χ2n) is 6.02. The van der Waals surface area contributed by atoms with Gasteiger partial charge in [-0.2, -0.15) is 0 Å². The van der Waals surface area contributed by atoms with Gasteiger partial charge in [-0.25, -0.2) is 9.59 Å². The summed E-state index contributed by atoms with van der Waals surface area (Å²) in [6.07, 6.45) is 1.52. The molecule has 0 unspecified atom stereocenters. The van der Waals surface area contributed by atoms with Crippen LogP contribution in [0.4, 0.5) is 4.79 Å². The van der Waals surface area contributed by atoms with Crippen molar-refractivity contribution in [3.8, 4) is 11.5 Å². The van der Waals surface area contributed by atoms with Crippen LogP contribution in [-0.4, -0.2) is 29.6 Å². The van der Waals surface area contributed by atoms with E-state index in [-0.39, 0.29) is 17.9 Å². The van der Waals surface area contributed by atoms with Crippen molar-refractivity contribution in [1.29, 1.82) is 0 Å². The van der Waals surface area contributed by atoms with Gasteiger partial charge >= 0.3 is 12.0 Å². The van der Waals surface area contributed by atoms with Gasteiger partial charge in [0.2, 0.25) is 0 Å². The van der Waals surface area contributed by atoms with Crippen molar-refractivity contribution < 1.29 is 29.0 Å². The molecule has 1 heterocycles. The third kappa shape index (κ3) is 4.94. The lowest BCUT2D eigenvalue weighted by molar-refractivity contribution is -0.115. The Labute approximate surface area is 174 Å². The van der Waals surface area contributed by atoms with Crippen molar-refractivity contribution in [1.82, 2.24) is 10.6 Å². The van der Waals surface area contributed by atoms with Crippen LogP contribution in [0.25, 0.3) is 6.08 Å². The van der Waals surface area contributed by atoms with Crippen molar-refractivity contribution >= 4 is 39.9 Å². The zero-order valence-electron chi connectivity index (χ0n) is 15.3. The second kappa shape index (κ2) is 8.78. The number of hydrogen-bond acceptors (Lipinski definition) is 5. The molecule has 0 spiro atoms. The van der Waals surface area contributed by atoms with Gasteiger partial charge in [-0.3, -0.25) is 10.1 Å². The van der Waals surface area contributed by atoms with E-state index in [1.807, 2.05) is 6.92 Å². The molecule has 1 aliphatic rings. The highest BCUT2D eigenvalue weighted by Gasteiger charge is 2.23. The van der Waals surface area contributed by atoms with E-state index in [1.54, 1.807) is 24.3 Å². The van der Waals surface area contributed by atoms with Crippen LogP contribution in [-0.2, 0) is 11.4 Å². The van der Waals surface area contributed by atoms with Crippen LogP contribution in [0.1, 0.15) is 28.4 Å². The van der Waals surface area contributed by atoms with E-state index in [0.29, 0.717) is 33.7 Å². The molecule has 0 radical (unpaired) electrons. The fraction of sp³-hybridized carbons (Fsp3) is 0.150. The minimum absolute atomic E-state index is 0.128. The van der Waals surface area contributed by atoms with Gasteiger partial charge in [0.05, 0.1) is 16.6 Å². The summed E-state index contributed by atoms with van der Waals surface area (Å²) in [6, 6.07) is 9.29. The van der Waals surface area contributed by atoms with Crippen LogP contribution >= 0.6 is 15.9 Å². The molecule has 2 aromatic rings. The number of urea groups is 1. The molecule has 1 saturated heterocycles. The molecule has 9 heteroatoms. The van der Waals surface area contributed by atoms with Gasteiger partial charge in [-0.1, -0.05) is 12.1 Å². The molecule has 2 aromatic carbocycles. The van der Waals surface area contributed by atoms with Crippen LogP contribution in [0.15, 0.2) is 46.6 Å². The number of nitrogens with one attached hydrogen (secondary N) is 2. The molecule has 8 nitrogen and oxygen atoms in total. The Morgan fingerprint density at radius 2 is 1.97 bits per heavy atom. The SMILES string of the molecule is CCOc1cc(/C=C2/NC(=O)NC2=O)cc(Br)c1OCc1cccc(C(=O)O)c1. The lowest BCUT2D eigenvalue weighted by Crippen LogP contribution is -2.22. The van der Waals surface area contributed by atoms with E-state index in [1.165, 1.54) is 18.2 Å². The number of carboxylic acids is 1. The molecule has 3 amide bonds. The summed E-state index contributed by atoms with van der Waals surface area (Å²) < 4.78 is 12.1. The summed E-state index contributed by atoms with van der Waals surface area (Å²) in [4.78, 5) is 34.1. The molecule has 150 valence electrons. The summed E-state index contributed by atoms with van der Waals surface area (Å²) in [6.45, 7) is 2.34. The third-order valence-electron chi connectivity index (χ3n) is 3.92. The van der Waals surface area contributed by atoms with Crippen LogP contribution in [0.2, 0.25) is 0 Å². The highest BCUT2D eigenvalue weighted by Crippen LogP contribution is 2.38. The maximum atomic E-state index is 11.7. The van der Waals surface area contributed by atoms with Gasteiger partial charge in [-0.05, 0) is 64.3 Å². The number of hydrogen-bond donors (Lipinski definition) is 3. The summed E-state index contributed by atoms with van der Waals surface area (Å²) in [5, 5.41) is 13.7. The zero-order valence-corrected chi connectivity index (χ0v) is 16.9. The van der Waals surface area contributed by atoms with E-state index in [9.17, 15) is 14.4 Å². The summed E-state index contributed by atoms with van der Waals surface area (Å²) in [7, 11) is 0. The predicted octanol–water partition coefficient (Wildman–Crippen LogP) is 3.31. The number of carbonyl (C=O) groups is 3. The van der Waals surface area contributed by atoms with Crippen molar-refractivity contribution in [2.45, 2.75) is 13.5 Å². The standard InChI is InChI=1S/C20H17BrN2O6/c1-2-28-16-9-12(8-15-18(24)23-20(27)22-15)7-14(21)17(16)29-10-11-4-3-5-13(6-11)19(25)26/h3-9H,2,10H2,1H3,(H,25,26)(H2,22,23,24,27)/b15-8+. The highest BCUT2D eigenvalue weighted by atomic mass is 79.9. The monoisotopic (exact) mass is 460 g/mol. The molecule has 0 saturated carbocycles. The average molecular weight is 461 g/mol. The minimum atomic E-state index is -1.01. The number of halogens is 1. The van der Waals surface area contributed by atoms with E-state index in [0.717, 1.165) is 0 Å². The maximum Gasteiger partial charge on any atom is 0.335 e. The molecule has 1 aliphatic heterocycles. The summed E-state index contributed by atoms with van der Waals surface area (Å²) >= 11 is 3.44. The number of rotatable bonds is 7. The van der Waals surface area contributed by atoms with Gasteiger partial charge in [0, 0.05) is 0 Å². The number of benzene rings is 2. The Hall–Kier alpha value is -3.33. The molecular weight excluding hydrogens is 444 g/mol. The summed E-state index contributed by atoms with van der Waals surface area (Å²) in [5.74, 6) is -0.645. The van der Waals surface area contributed by atoms with Gasteiger partial charge in [0.25, 0.3) is 5.91 Å². The lowest BCUT2D eigenvalue weighted by Gasteiger charge is -2.15. The third-order valence-corrected chi connectivity index (χ3v) is 4.51. The normalized spacial score (nSPS) is 14.5. The first kappa shape index (κ1) is 20.4. The first-order valence-electron chi connectivity index (χ1n) is 8.62. The Morgan fingerprint density at radius 1 is 1.17 bits per heavy atom. The molecular formula is C20H17BrN2O6. The van der Waals surface area contributed by atoms with Crippen molar-refractivity contribution in [2.24, 2.45) is 0 Å². The zero-order chi connectivity index (χ0) is 21.0. The maximum absolute atomic E-state index is 11.7. The van der Waals surface area contributed by atoms with Crippen molar-refractivity contribution in [2.75, 3.05) is 6.61 Å². The quantitative estimate of drug-likeness (QED) is 0.431. The van der Waals surface area contributed by atoms with Crippen molar-refractivity contribution in [3.05, 3.63) is 63.3 Å². The molecule has 0 aliphatic carbocycles. The fourth-order valence-electron chi connectivity index (χ4n) is 2.67. The number of aromatic carboxylic acids is 1. The fourth-order valence-corrected chi connectivity index (χ4v) is 3.25. The Kier molecular flexibility index (Phi) is 6.18. The molecule has 3 N–H and O–H groups in total. The van der Waals surface area contributed by atoms with Crippen LogP contribution in [0.3, 0.4) is 0 Å². The van der Waals surface area contributed by atoms with E-state index in [4.69, 9.17) is 14.6 Å². The Bertz CT molecular complexity index is 1020. The van der Waals surface area contributed by atoms with Crippen LogP contribution < -0.4 is 20.1 Å². The molecule has 3 rings (SSSR count). The molecule has 0 atom stereocenters. The second-order valence-corrected chi connectivity index (χ2v) is 6.88. The molecule has 0 bridgehead atoms. The van der Waals surface area contributed by atoms with E-state index >= 15 is 0 Å². The molecule has 1 fully saturated rings. The van der Waals surface area contributed by atoms with E-state index in [2.05, 4.69) is 26.6 Å². The minimum Gasteiger partial charge on any atom is -0.490 e. The van der Waals surface area contributed by atoms with Crippen molar-refractivity contribution in [3.63, 3.8) is 0 Å². The number of carboxylic acid groups (broad SMARTS) is 1. The van der Waals surface area contributed by atoms with Gasteiger partial charge in [0.15, 0.2) is 11.5 Å². The first-order chi connectivity index (χ1) is 13.9. The number of ether oxygens (including phenoxy) is 2. The summed E-state index contributed by atoms with van der Waals surface area (Å²) in [5.41, 5.74) is 1.61. The van der Waals surface area contributed by atoms with Crippen LogP contribution in [0.5, 0.6) is 11.5 Å². The van der Waals surface area contributed by atoms with E-state index < -0.39 is 17.9 Å². The Balaban J connectivity index is 1.86. The van der Waals surface area contributed by atoms with Gasteiger partial charge < -0.3 is 19.9 Å². The van der Waals surface area contributed by atoms with Gasteiger partial charge in [0.1, 0.15) is 12.3 Å². The molecule has 0 aromatic heterocycles. The predicted molar refractivity (Wildman–Crippen MR) is 108 cm³/mol. The topological polar surface area (TPSA) is 114 Å². The molecule has 29 heavy (non-hydrogen) atoms. The largest absolute Gasteiger partial charge is 0.490 e. The smallest absolute Gasteiger partial charge is 0.335 e.